The summed E-state index contributed by atoms with van der Waals surface area (Å²) in [5, 5.41) is 39.2. The molecule has 1 aromatic carbocycles. The van der Waals surface area contributed by atoms with Crippen molar-refractivity contribution in [2.24, 2.45) is 5.73 Å². The van der Waals surface area contributed by atoms with Gasteiger partial charge in [0.15, 0.2) is 0 Å². The molecule has 1 aromatic heterocycles. The molecule has 0 aliphatic carbocycles. The Morgan fingerprint density at radius 2 is 2.00 bits per heavy atom. The zero-order chi connectivity index (χ0) is 34.7. The van der Waals surface area contributed by atoms with Crippen LogP contribution in [0.1, 0.15) is 11.6 Å². The van der Waals surface area contributed by atoms with E-state index in [1.807, 2.05) is 19.1 Å². The number of aromatic hydroxyl groups is 2. The molecule has 5 rings (SSSR count). The van der Waals surface area contributed by atoms with Crippen LogP contribution < -0.4 is 61.4 Å². The topological polar surface area (TPSA) is 233 Å². The Bertz CT molecular complexity index is 1740. The SMILES string of the molecule is C#CCNc1ncc(N(C(N)=O)C(C(=O)NC2C(=O)N3C(C(=O)[O-])=C(CSC4=CNN(N(C)C)S4)CS[C@@H]23)c2ccc(O)cc2)c(O)n1.[Na+]. The van der Waals surface area contributed by atoms with E-state index in [4.69, 9.17) is 12.2 Å². The van der Waals surface area contributed by atoms with Gasteiger partial charge in [0.05, 0.1) is 28.6 Å². The van der Waals surface area contributed by atoms with Gasteiger partial charge in [-0.1, -0.05) is 22.6 Å². The average molecular weight is 737 g/mol. The van der Waals surface area contributed by atoms with Crippen LogP contribution in [0.15, 0.2) is 52.2 Å². The fourth-order valence-corrected chi connectivity index (χ4v) is 8.21. The van der Waals surface area contributed by atoms with Gasteiger partial charge in [-0.05, 0) is 23.3 Å². The molecular formula is C28H29N10NaO7S3. The van der Waals surface area contributed by atoms with E-state index in [0.717, 1.165) is 20.2 Å². The van der Waals surface area contributed by atoms with E-state index in [9.17, 15) is 34.5 Å². The zero-order valence-electron chi connectivity index (χ0n) is 26.3. The number of carbonyl (C=O) groups excluding carboxylic acids is 4. The normalized spacial score (nSPS) is 19.0. The van der Waals surface area contributed by atoms with Gasteiger partial charge in [0.1, 0.15) is 28.9 Å². The van der Waals surface area contributed by atoms with Gasteiger partial charge >= 0.3 is 35.6 Å². The molecule has 7 N–H and O–H groups in total. The number of fused-ring (bicyclic) bond motifs is 1. The van der Waals surface area contributed by atoms with Crippen LogP contribution in [0.5, 0.6) is 11.6 Å². The van der Waals surface area contributed by atoms with E-state index in [1.165, 1.54) is 59.7 Å². The molecule has 49 heavy (non-hydrogen) atoms. The fraction of sp³-hybridized carbons (Fsp3) is 0.286. The van der Waals surface area contributed by atoms with Crippen LogP contribution in [-0.2, 0) is 14.4 Å². The summed E-state index contributed by atoms with van der Waals surface area (Å²) < 4.78 is 2.66. The van der Waals surface area contributed by atoms with E-state index in [2.05, 4.69) is 31.9 Å². The van der Waals surface area contributed by atoms with Crippen LogP contribution in [0.4, 0.5) is 16.4 Å². The van der Waals surface area contributed by atoms with Crippen LogP contribution >= 0.6 is 35.5 Å². The van der Waals surface area contributed by atoms with E-state index < -0.39 is 47.2 Å². The monoisotopic (exact) mass is 736 g/mol. The molecule has 2 unspecified atom stereocenters. The number of carboxylic acids is 1. The molecule has 3 aliphatic rings. The second kappa shape index (κ2) is 16.3. The molecule has 0 radical (unpaired) electrons. The Morgan fingerprint density at radius 1 is 1.29 bits per heavy atom. The smallest absolute Gasteiger partial charge is 0.543 e. The Balaban J connectivity index is 0.00000541. The number of phenolic OH excluding ortho intramolecular Hbond substituents is 1. The van der Waals surface area contributed by atoms with Crippen molar-refractivity contribution in [1.82, 2.24) is 35.1 Å². The first-order valence-electron chi connectivity index (χ1n) is 13.9. The predicted molar refractivity (Wildman–Crippen MR) is 178 cm³/mol. The minimum Gasteiger partial charge on any atom is -0.543 e. The number of primary amides is 1. The van der Waals surface area contributed by atoms with Gasteiger partial charge in [0, 0.05) is 43.7 Å². The van der Waals surface area contributed by atoms with E-state index in [1.54, 1.807) is 10.7 Å². The number of carbonyl (C=O) groups is 4. The van der Waals surface area contributed by atoms with Crippen molar-refractivity contribution in [3.8, 4) is 24.0 Å². The van der Waals surface area contributed by atoms with Gasteiger partial charge in [-0.15, -0.1) is 29.9 Å². The molecule has 2 aromatic rings. The van der Waals surface area contributed by atoms with Gasteiger partial charge in [-0.2, -0.15) is 4.98 Å². The number of benzene rings is 1. The summed E-state index contributed by atoms with van der Waals surface area (Å²) in [6.45, 7) is 0.0434. The van der Waals surface area contributed by atoms with Gasteiger partial charge in [0.25, 0.3) is 5.91 Å². The van der Waals surface area contributed by atoms with Crippen LogP contribution in [0.3, 0.4) is 0 Å². The largest absolute Gasteiger partial charge is 1.00 e. The molecular weight excluding hydrogens is 708 g/mol. The molecule has 0 saturated carbocycles. The summed E-state index contributed by atoms with van der Waals surface area (Å²) in [6, 6.07) is 1.31. The molecule has 3 atom stereocenters. The number of hydrogen-bond donors (Lipinski definition) is 6. The molecule has 4 amide bonds. The number of urea groups is 1. The van der Waals surface area contributed by atoms with Gasteiger partial charge in [-0.25, -0.2) is 14.8 Å². The number of carboxylic acid groups (broad SMARTS) is 1. The molecule has 0 spiro atoms. The second-order valence-corrected chi connectivity index (χ2v) is 13.7. The molecule has 21 heteroatoms. The Kier molecular flexibility index (Phi) is 12.6. The van der Waals surface area contributed by atoms with Crippen molar-refractivity contribution in [3.05, 3.63) is 57.7 Å². The third kappa shape index (κ3) is 8.16. The summed E-state index contributed by atoms with van der Waals surface area (Å²) in [5.41, 5.74) is 8.82. The minimum atomic E-state index is -1.59. The Labute approximate surface area is 315 Å². The van der Waals surface area contributed by atoms with Gasteiger partial charge in [-0.3, -0.25) is 19.4 Å². The number of β-lactam (4-membered cyclic amide) rings is 1. The number of nitrogens with two attached hydrogens (primary N) is 1. The van der Waals surface area contributed by atoms with Crippen molar-refractivity contribution in [2.45, 2.75) is 17.5 Å². The zero-order valence-corrected chi connectivity index (χ0v) is 30.8. The molecule has 252 valence electrons. The summed E-state index contributed by atoms with van der Waals surface area (Å²) in [5.74, 6) is -1.15. The van der Waals surface area contributed by atoms with E-state index in [0.29, 0.717) is 5.57 Å². The number of anilines is 2. The molecule has 0 bridgehead atoms. The number of nitrogens with one attached hydrogen (secondary N) is 3. The van der Waals surface area contributed by atoms with Crippen LogP contribution in [-0.4, -0.2) is 102 Å². The third-order valence-corrected chi connectivity index (χ3v) is 10.8. The third-order valence-electron chi connectivity index (χ3n) is 7.07. The quantitative estimate of drug-likeness (QED) is 0.0536. The first kappa shape index (κ1) is 38.0. The number of hydrogen-bond acceptors (Lipinski definition) is 16. The maximum Gasteiger partial charge on any atom is 1.00 e. The van der Waals surface area contributed by atoms with Crippen molar-refractivity contribution < 1.29 is 64.1 Å². The molecule has 3 aliphatic heterocycles. The van der Waals surface area contributed by atoms with Crippen molar-refractivity contribution in [2.75, 3.05) is 42.4 Å². The number of nitrogens with zero attached hydrogens (tertiary/aromatic N) is 6. The molecule has 1 fully saturated rings. The van der Waals surface area contributed by atoms with Crippen molar-refractivity contribution in [1.29, 1.82) is 0 Å². The average Bonchev–Trinajstić information content (AvgIpc) is 3.54. The molecule has 4 heterocycles. The Morgan fingerprint density at radius 3 is 2.59 bits per heavy atom. The molecule has 17 nitrogen and oxygen atoms in total. The number of amides is 4. The summed E-state index contributed by atoms with van der Waals surface area (Å²) >= 11 is 4.08. The Hall–Kier alpha value is -3.81. The maximum atomic E-state index is 14.0. The number of hydrazine groups is 2. The number of phenols is 1. The predicted octanol–water partition coefficient (Wildman–Crippen LogP) is -3.56. The van der Waals surface area contributed by atoms with Crippen LogP contribution in [0, 0.1) is 12.3 Å². The van der Waals surface area contributed by atoms with Crippen LogP contribution in [0.25, 0.3) is 0 Å². The van der Waals surface area contributed by atoms with E-state index in [-0.39, 0.29) is 76.3 Å². The van der Waals surface area contributed by atoms with Gasteiger partial charge in [0.2, 0.25) is 17.7 Å². The van der Waals surface area contributed by atoms with Crippen LogP contribution in [0.2, 0.25) is 0 Å². The first-order valence-corrected chi connectivity index (χ1v) is 16.8. The number of aromatic nitrogens is 2. The summed E-state index contributed by atoms with van der Waals surface area (Å²) in [6.07, 6.45) is 8.07. The number of aliphatic carboxylic acids is 1. The molecule has 1 saturated heterocycles. The number of thioether (sulfide) groups is 2. The summed E-state index contributed by atoms with van der Waals surface area (Å²) in [4.78, 5) is 62.3. The van der Waals surface area contributed by atoms with Gasteiger partial charge < -0.3 is 41.9 Å². The fourth-order valence-electron chi connectivity index (χ4n) is 4.90. The standard InChI is InChI=1S/C28H30N10O7S3.Na/c1-4-9-30-28-31-10-17(22(40)34-28)36(27(29)45)20(14-5-7-16(39)8-6-14)23(41)33-19-24(42)37-21(26(43)44)15(13-47-25(19)37)12-46-18-11-32-38(48-18)35(2)3;/h1,5-8,10-11,19-20,25,32,39H,9,12-13H2,2-3H3,(H2,29,45)(H,33,41)(H,43,44)(H2,30,31,34,40);/q;+1/p-1/t19?,20?,25-;/m0./s1. The van der Waals surface area contributed by atoms with Crippen molar-refractivity contribution in [3.63, 3.8) is 0 Å². The van der Waals surface area contributed by atoms with E-state index >= 15 is 0 Å². The minimum absolute atomic E-state index is 0. The number of terminal acetylenes is 1. The van der Waals surface area contributed by atoms with Crippen molar-refractivity contribution >= 4 is 70.9 Å². The number of rotatable bonds is 12. The maximum absolute atomic E-state index is 14.0. The second-order valence-electron chi connectivity index (χ2n) is 10.4. The summed E-state index contributed by atoms with van der Waals surface area (Å²) in [7, 11) is 3.71. The first-order chi connectivity index (χ1) is 22.9.